The van der Waals surface area contributed by atoms with Crippen LogP contribution in [0.25, 0.3) is 0 Å². The number of aliphatic carboxylic acids is 1. The topological polar surface area (TPSA) is 232 Å². The summed E-state index contributed by atoms with van der Waals surface area (Å²) in [6.07, 6.45) is 0.293. The minimum absolute atomic E-state index is 0.0402. The van der Waals surface area contributed by atoms with Crippen LogP contribution in [-0.2, 0) is 41.1 Å². The summed E-state index contributed by atoms with van der Waals surface area (Å²) in [4.78, 5) is 96.9. The quantitative estimate of drug-likeness (QED) is 0.0468. The Hall–Kier alpha value is -7.34. The first-order valence-corrected chi connectivity index (χ1v) is 35.3. The number of carboxylic acids is 1. The van der Waals surface area contributed by atoms with E-state index in [0.717, 1.165) is 124 Å². The number of nitrogens with one attached hydrogen (secondary N) is 3. The third-order valence-electron chi connectivity index (χ3n) is 21.7. The van der Waals surface area contributed by atoms with Crippen molar-refractivity contribution in [2.75, 3.05) is 59.7 Å². The minimum atomic E-state index is -4.81. The van der Waals surface area contributed by atoms with Crippen LogP contribution in [0.1, 0.15) is 174 Å². The smallest absolute Gasteiger partial charge is 0.417 e. The van der Waals surface area contributed by atoms with E-state index in [1.54, 1.807) is 64.1 Å². The summed E-state index contributed by atoms with van der Waals surface area (Å²) in [6.45, 7) is 18.7. The summed E-state index contributed by atoms with van der Waals surface area (Å²) >= 11 is 11.7. The van der Waals surface area contributed by atoms with Crippen LogP contribution in [0, 0.1) is 34.5 Å². The molecule has 1 unspecified atom stereocenters. The number of piperazine rings is 2. The number of nitrogens with zero attached hydrogens (tertiary/aromatic N) is 10. The zero-order chi connectivity index (χ0) is 72.0. The molecule has 2 saturated carbocycles. The second kappa shape index (κ2) is 29.3. The molecule has 0 radical (unpaired) electrons. The Morgan fingerprint density at radius 3 is 1.41 bits per heavy atom. The van der Waals surface area contributed by atoms with Gasteiger partial charge < -0.3 is 35.3 Å². The monoisotopic (exact) mass is 1410 g/mol. The van der Waals surface area contributed by atoms with Gasteiger partial charge in [-0.05, 0) is 243 Å². The number of alkyl halides is 6. The highest BCUT2D eigenvalue weighted by Gasteiger charge is 2.60. The molecule has 5 amide bonds. The molecule has 5 atom stereocenters. The normalized spacial score (nSPS) is 27.4. The Balaban J connectivity index is 0.774. The number of carbonyl (C=O) groups excluding carboxylic acids is 5. The fraction of sp³-hybridized carbons (Fsp3) is 0.606. The summed E-state index contributed by atoms with van der Waals surface area (Å²) in [5.74, 6) is -2.61. The first-order valence-electron chi connectivity index (χ1n) is 34.4. The molecule has 10 rings (SSSR count). The number of rotatable bonds is 20. The standard InChI is InChI=1S/C71H89F6N13O7S2/c1-42-38-83(30-10-12-46-16-22-52(23-17-46)89-65(98)85(62(94)67(89,5)6)54-26-20-48(36-78)56(33-54)70(72,73)74)39-43(2)87(42)69(64(96)97,35-60(92)81-51-15-9-14-50(32-51)80-58-28-29-59(91)82-61(58)93)88-44(3)40-84(41-45(88)4)31-11-13-47-18-24-53(25-19-47)90-66(99)86(63(95)68(90,7)8)55-27-21-49(37-79)57(34-55)71(75,76)77/h9,14-15,20-21,26-27,32-34,42-47,52-53,58,80H,10-13,16-19,22-25,28-31,35,38-41H2,1-8H3,(H,81,92)(H,96,97)(H,82,91,93)/t42-,43+,44-,45+,46?,47?,52?,53?,58?,69?. The lowest BCUT2D eigenvalue weighted by molar-refractivity contribution is -0.202. The zero-order valence-electron chi connectivity index (χ0n) is 57.3. The molecule has 4 N–H and O–H groups in total. The van der Waals surface area contributed by atoms with Gasteiger partial charge in [-0.1, -0.05) is 6.07 Å². The molecule has 3 aromatic carbocycles. The van der Waals surface area contributed by atoms with Crippen molar-refractivity contribution in [1.82, 2.24) is 34.7 Å². The maximum Gasteiger partial charge on any atom is 0.417 e. The number of piperidine rings is 1. The van der Waals surface area contributed by atoms with Crippen molar-refractivity contribution in [2.45, 2.75) is 223 Å². The Kier molecular flexibility index (Phi) is 22.0. The van der Waals surface area contributed by atoms with Gasteiger partial charge >= 0.3 is 18.3 Å². The third-order valence-corrected chi connectivity index (χ3v) is 22.4. The predicted octanol–water partition coefficient (Wildman–Crippen LogP) is 11.1. The van der Waals surface area contributed by atoms with E-state index >= 15 is 0 Å². The van der Waals surface area contributed by atoms with Gasteiger partial charge in [-0.15, -0.1) is 0 Å². The fourth-order valence-corrected chi connectivity index (χ4v) is 18.5. The number of carboxylic acid groups (broad SMARTS) is 1. The second-order valence-corrected chi connectivity index (χ2v) is 30.1. The summed E-state index contributed by atoms with van der Waals surface area (Å²) in [6, 6.07) is 14.2. The summed E-state index contributed by atoms with van der Waals surface area (Å²) in [5.41, 5.74) is -6.59. The lowest BCUT2D eigenvalue weighted by atomic mass is 9.81. The van der Waals surface area contributed by atoms with E-state index in [0.29, 0.717) is 49.4 Å². The van der Waals surface area contributed by atoms with Crippen molar-refractivity contribution < 1.29 is 60.2 Å². The number of hydrogen-bond donors (Lipinski definition) is 4. The largest absolute Gasteiger partial charge is 0.479 e. The molecule has 2 aliphatic carbocycles. The van der Waals surface area contributed by atoms with Crippen molar-refractivity contribution in [3.05, 3.63) is 82.9 Å². The van der Waals surface area contributed by atoms with Gasteiger partial charge in [0, 0.05) is 80.2 Å². The maximum atomic E-state index is 14.8. The van der Waals surface area contributed by atoms with Crippen LogP contribution < -0.4 is 25.8 Å². The molecular formula is C71H89F6N13O7S2. The van der Waals surface area contributed by atoms with Crippen LogP contribution in [0.3, 0.4) is 0 Å². The number of nitriles is 2. The van der Waals surface area contributed by atoms with Crippen LogP contribution in [0.2, 0.25) is 0 Å². The van der Waals surface area contributed by atoms with Gasteiger partial charge in [0.15, 0.2) is 15.9 Å². The molecule has 5 heterocycles. The summed E-state index contributed by atoms with van der Waals surface area (Å²) in [7, 11) is 0. The molecule has 0 spiro atoms. The van der Waals surface area contributed by atoms with Crippen molar-refractivity contribution in [2.24, 2.45) is 11.8 Å². The molecule has 3 aromatic rings. The fourth-order valence-electron chi connectivity index (χ4n) is 17.3. The van der Waals surface area contributed by atoms with E-state index < -0.39 is 93.4 Å². The van der Waals surface area contributed by atoms with Crippen LogP contribution in [0.15, 0.2) is 60.7 Å². The van der Waals surface area contributed by atoms with Crippen molar-refractivity contribution in [1.29, 1.82) is 10.5 Å². The highest BCUT2D eigenvalue weighted by atomic mass is 32.1. The molecule has 0 bridgehead atoms. The number of benzene rings is 3. The number of carbonyl (C=O) groups is 6. The molecule has 99 heavy (non-hydrogen) atoms. The van der Waals surface area contributed by atoms with Crippen molar-refractivity contribution >= 4 is 92.9 Å². The molecule has 534 valence electrons. The van der Waals surface area contributed by atoms with Crippen LogP contribution in [0.4, 0.5) is 49.1 Å². The number of imide groups is 1. The average Bonchev–Trinajstić information content (AvgIpc) is 1.69. The number of hydrogen-bond acceptors (Lipinski definition) is 15. The predicted molar refractivity (Wildman–Crippen MR) is 369 cm³/mol. The van der Waals surface area contributed by atoms with Gasteiger partial charge in [0.25, 0.3) is 11.8 Å². The lowest BCUT2D eigenvalue weighted by Crippen LogP contribution is -2.78. The highest BCUT2D eigenvalue weighted by Crippen LogP contribution is 2.46. The molecular weight excluding hydrogens is 1320 g/mol. The van der Waals surface area contributed by atoms with Gasteiger partial charge in [-0.2, -0.15) is 36.9 Å². The van der Waals surface area contributed by atoms with Crippen LogP contribution in [-0.4, -0.2) is 179 Å². The number of halogens is 6. The van der Waals surface area contributed by atoms with E-state index in [4.69, 9.17) is 24.4 Å². The molecule has 5 aliphatic heterocycles. The molecule has 20 nitrogen and oxygen atoms in total. The molecule has 5 saturated heterocycles. The van der Waals surface area contributed by atoms with Crippen molar-refractivity contribution in [3.8, 4) is 12.1 Å². The van der Waals surface area contributed by atoms with Gasteiger partial charge in [0.05, 0.1) is 52.2 Å². The number of anilines is 4. The maximum absolute atomic E-state index is 14.8. The van der Waals surface area contributed by atoms with Gasteiger partial charge in [0.1, 0.15) is 17.1 Å². The summed E-state index contributed by atoms with van der Waals surface area (Å²) < 4.78 is 84.1. The SMILES string of the molecule is C[C@@H]1CN(CCCC2CCC(N3C(=S)N(c4ccc(C#N)c(C(F)(F)F)c4)C(=O)C3(C)C)CC2)C[C@H](C)N1C(CC(=O)Nc1cccc(NC2CCC(=O)NC2=O)c1)(C(=O)O)N1[C@H](C)CN(CCCC2CCC(N3C(=S)N(c4ccc(C#N)c(C(F)(F)F)c4)C(=O)C3(C)C)CC2)C[C@@H]1C. The van der Waals surface area contributed by atoms with Crippen LogP contribution >= 0.6 is 24.4 Å². The highest BCUT2D eigenvalue weighted by molar-refractivity contribution is 7.80. The van der Waals surface area contributed by atoms with Gasteiger partial charge in [-0.25, -0.2) is 4.79 Å². The van der Waals surface area contributed by atoms with Gasteiger partial charge in [-0.3, -0.25) is 48.9 Å². The van der Waals surface area contributed by atoms with E-state index in [2.05, 4.69) is 25.8 Å². The number of thiocarbonyl (C=S) groups is 2. The molecule has 7 aliphatic rings. The Labute approximate surface area is 585 Å². The van der Waals surface area contributed by atoms with Gasteiger partial charge in [0.2, 0.25) is 17.7 Å². The first-order chi connectivity index (χ1) is 46.6. The average molecular weight is 1410 g/mol. The van der Waals surface area contributed by atoms with E-state index in [9.17, 15) is 70.7 Å². The Bertz CT molecular complexity index is 3510. The van der Waals surface area contributed by atoms with E-state index in [1.165, 1.54) is 12.1 Å². The second-order valence-electron chi connectivity index (χ2n) is 29.3. The Morgan fingerprint density at radius 1 is 0.616 bits per heavy atom. The summed E-state index contributed by atoms with van der Waals surface area (Å²) in [5, 5.41) is 39.6. The van der Waals surface area contributed by atoms with E-state index in [1.807, 2.05) is 47.3 Å². The third kappa shape index (κ3) is 15.2. The van der Waals surface area contributed by atoms with E-state index in [-0.39, 0.29) is 76.6 Å². The molecule has 28 heteroatoms. The molecule has 0 aromatic heterocycles. The van der Waals surface area contributed by atoms with Crippen molar-refractivity contribution in [3.63, 3.8) is 0 Å². The zero-order valence-corrected chi connectivity index (χ0v) is 58.9. The Morgan fingerprint density at radius 2 is 1.03 bits per heavy atom. The number of amides is 5. The lowest BCUT2D eigenvalue weighted by Gasteiger charge is -2.60. The van der Waals surface area contributed by atoms with Crippen LogP contribution in [0.5, 0.6) is 0 Å². The molecule has 7 fully saturated rings. The first kappa shape index (κ1) is 74.4. The minimum Gasteiger partial charge on any atom is -0.479 e.